The van der Waals surface area contributed by atoms with Gasteiger partial charge in [-0.1, -0.05) is 18.2 Å². The van der Waals surface area contributed by atoms with Crippen molar-refractivity contribution in [2.24, 2.45) is 0 Å². The predicted octanol–water partition coefficient (Wildman–Crippen LogP) is 1.92. The third-order valence-corrected chi connectivity index (χ3v) is 3.29. The third kappa shape index (κ3) is 4.06. The van der Waals surface area contributed by atoms with Crippen LogP contribution in [0.15, 0.2) is 54.9 Å². The number of pyridine rings is 1. The molecule has 0 bridgehead atoms. The summed E-state index contributed by atoms with van der Waals surface area (Å²) in [5.41, 5.74) is 0.838. The van der Waals surface area contributed by atoms with Gasteiger partial charge in [0.15, 0.2) is 18.5 Å². The van der Waals surface area contributed by atoms with Crippen molar-refractivity contribution in [3.63, 3.8) is 0 Å². The van der Waals surface area contributed by atoms with Crippen LogP contribution in [0, 0.1) is 5.21 Å². The van der Waals surface area contributed by atoms with Crippen molar-refractivity contribution in [1.29, 1.82) is 0 Å². The fourth-order valence-electron chi connectivity index (χ4n) is 2.15. The van der Waals surface area contributed by atoms with E-state index in [0.717, 1.165) is 11.9 Å². The molecule has 1 aromatic carbocycles. The summed E-state index contributed by atoms with van der Waals surface area (Å²) >= 11 is 0. The highest BCUT2D eigenvalue weighted by Gasteiger charge is 2.25. The molecule has 0 unspecified atom stereocenters. The topological polar surface area (TPSA) is 73.5 Å². The lowest BCUT2D eigenvalue weighted by molar-refractivity contribution is -0.605. The molecule has 0 fully saturated rings. The van der Waals surface area contributed by atoms with E-state index in [0.29, 0.717) is 11.3 Å². The van der Waals surface area contributed by atoms with Gasteiger partial charge in [-0.25, -0.2) is 4.79 Å². The number of carbonyl (C=O) groups is 2. The Kier molecular flexibility index (Phi) is 5.30. The van der Waals surface area contributed by atoms with Gasteiger partial charge in [0.05, 0.1) is 0 Å². The third-order valence-electron chi connectivity index (χ3n) is 3.29. The van der Waals surface area contributed by atoms with Crippen LogP contribution in [0.4, 0.5) is 5.69 Å². The van der Waals surface area contributed by atoms with Crippen molar-refractivity contribution in [2.45, 2.75) is 20.0 Å². The zero-order chi connectivity index (χ0) is 16.8. The summed E-state index contributed by atoms with van der Waals surface area (Å²) in [4.78, 5) is 26.0. The molecule has 0 saturated carbocycles. The van der Waals surface area contributed by atoms with Crippen molar-refractivity contribution in [1.82, 2.24) is 0 Å². The molecule has 1 amide bonds. The van der Waals surface area contributed by atoms with Crippen molar-refractivity contribution in [2.75, 3.05) is 11.4 Å². The number of esters is 1. The fourth-order valence-corrected chi connectivity index (χ4v) is 2.15. The number of ether oxygens (including phenoxy) is 1. The number of para-hydroxylation sites is 1. The average molecular weight is 314 g/mol. The Morgan fingerprint density at radius 2 is 1.91 bits per heavy atom. The van der Waals surface area contributed by atoms with Gasteiger partial charge in [-0.15, -0.1) is 0 Å². The maximum absolute atomic E-state index is 12.5. The second-order valence-electron chi connectivity index (χ2n) is 4.92. The molecule has 120 valence electrons. The highest BCUT2D eigenvalue weighted by molar-refractivity contribution is 5.98. The van der Waals surface area contributed by atoms with Gasteiger partial charge in [0.1, 0.15) is 5.56 Å². The minimum Gasteiger partial charge on any atom is -0.619 e. The number of rotatable bonds is 5. The van der Waals surface area contributed by atoms with Crippen LogP contribution >= 0.6 is 0 Å². The lowest BCUT2D eigenvalue weighted by Gasteiger charge is -2.24. The Morgan fingerprint density at radius 1 is 1.22 bits per heavy atom. The van der Waals surface area contributed by atoms with E-state index in [9.17, 15) is 14.8 Å². The van der Waals surface area contributed by atoms with Crippen LogP contribution in [0.2, 0.25) is 0 Å². The molecule has 0 N–H and O–H groups in total. The summed E-state index contributed by atoms with van der Waals surface area (Å²) < 4.78 is 5.68. The molecule has 0 radical (unpaired) electrons. The molecule has 23 heavy (non-hydrogen) atoms. The molecule has 0 spiro atoms. The molecule has 2 aromatic rings. The van der Waals surface area contributed by atoms with E-state index in [1.807, 2.05) is 37.3 Å². The lowest BCUT2D eigenvalue weighted by atomic mass is 10.2. The summed E-state index contributed by atoms with van der Waals surface area (Å²) in [5, 5.41) is 11.2. The SMILES string of the molecule is CCN(C(=O)[C@@H](C)OC(=O)c1ccc[n+]([O-])c1)c1ccccc1. The molecular formula is C17H18N2O4. The van der Waals surface area contributed by atoms with Gasteiger partial charge in [-0.2, -0.15) is 4.73 Å². The summed E-state index contributed by atoms with van der Waals surface area (Å²) in [5.74, 6) is -1.03. The van der Waals surface area contributed by atoms with E-state index in [1.54, 1.807) is 0 Å². The molecule has 6 heteroatoms. The van der Waals surface area contributed by atoms with Gasteiger partial charge in [0.25, 0.3) is 5.91 Å². The number of hydrogen-bond donors (Lipinski definition) is 0. The van der Waals surface area contributed by atoms with Gasteiger partial charge in [-0.3, -0.25) is 4.79 Å². The number of aromatic nitrogens is 1. The molecule has 0 aliphatic heterocycles. The molecule has 1 aromatic heterocycles. The zero-order valence-corrected chi connectivity index (χ0v) is 13.0. The zero-order valence-electron chi connectivity index (χ0n) is 13.0. The summed E-state index contributed by atoms with van der Waals surface area (Å²) in [6.07, 6.45) is 1.41. The van der Waals surface area contributed by atoms with Gasteiger partial charge in [-0.05, 0) is 32.0 Å². The van der Waals surface area contributed by atoms with Crippen LogP contribution < -0.4 is 9.63 Å². The Hall–Kier alpha value is -2.89. The first kappa shape index (κ1) is 16.5. The summed E-state index contributed by atoms with van der Waals surface area (Å²) in [7, 11) is 0. The Balaban J connectivity index is 2.08. The molecule has 6 nitrogen and oxygen atoms in total. The van der Waals surface area contributed by atoms with Gasteiger partial charge >= 0.3 is 5.97 Å². The molecule has 0 saturated heterocycles. The van der Waals surface area contributed by atoms with Crippen LogP contribution in [0.25, 0.3) is 0 Å². The van der Waals surface area contributed by atoms with E-state index in [1.165, 1.54) is 30.2 Å². The molecule has 1 atom stereocenters. The second kappa shape index (κ2) is 7.40. The number of amides is 1. The van der Waals surface area contributed by atoms with Crippen LogP contribution in [-0.4, -0.2) is 24.5 Å². The average Bonchev–Trinajstić information content (AvgIpc) is 2.56. The number of carbonyl (C=O) groups excluding carboxylic acids is 2. The van der Waals surface area contributed by atoms with E-state index in [4.69, 9.17) is 4.74 Å². The monoisotopic (exact) mass is 314 g/mol. The number of likely N-dealkylation sites (N-methyl/N-ethyl adjacent to an activating group) is 1. The predicted molar refractivity (Wildman–Crippen MR) is 84.7 cm³/mol. The largest absolute Gasteiger partial charge is 0.619 e. The highest BCUT2D eigenvalue weighted by Crippen LogP contribution is 2.15. The van der Waals surface area contributed by atoms with Gasteiger partial charge in [0, 0.05) is 18.3 Å². The quantitative estimate of drug-likeness (QED) is 0.480. The van der Waals surface area contributed by atoms with Crippen molar-refractivity contribution >= 4 is 17.6 Å². The van der Waals surface area contributed by atoms with Crippen molar-refractivity contribution in [3.8, 4) is 0 Å². The molecular weight excluding hydrogens is 296 g/mol. The first-order valence-corrected chi connectivity index (χ1v) is 7.29. The van der Waals surface area contributed by atoms with E-state index < -0.39 is 12.1 Å². The molecule has 0 aliphatic carbocycles. The van der Waals surface area contributed by atoms with Crippen LogP contribution in [0.1, 0.15) is 24.2 Å². The smallest absolute Gasteiger partial charge is 0.345 e. The minimum absolute atomic E-state index is 0.102. The number of benzene rings is 1. The maximum atomic E-state index is 12.5. The normalized spacial score (nSPS) is 11.6. The number of hydrogen-bond acceptors (Lipinski definition) is 4. The second-order valence-corrected chi connectivity index (χ2v) is 4.92. The minimum atomic E-state index is -0.956. The molecule has 2 rings (SSSR count). The fraction of sp³-hybridized carbons (Fsp3) is 0.235. The van der Waals surface area contributed by atoms with E-state index >= 15 is 0 Å². The molecule has 0 aliphatic rings. The van der Waals surface area contributed by atoms with Gasteiger partial charge < -0.3 is 14.8 Å². The molecule has 1 heterocycles. The number of anilines is 1. The standard InChI is InChI=1S/C17H18N2O4/c1-3-19(15-9-5-4-6-10-15)16(20)13(2)23-17(21)14-8-7-11-18(22)12-14/h4-13H,3H2,1-2H3/t13-/m1/s1. The summed E-state index contributed by atoms with van der Waals surface area (Å²) in [6, 6.07) is 12.1. The first-order chi connectivity index (χ1) is 11.0. The van der Waals surface area contributed by atoms with E-state index in [2.05, 4.69) is 0 Å². The van der Waals surface area contributed by atoms with E-state index in [-0.39, 0.29) is 11.5 Å². The summed E-state index contributed by atoms with van der Waals surface area (Å²) in [6.45, 7) is 3.81. The van der Waals surface area contributed by atoms with Gasteiger partial charge in [0.2, 0.25) is 0 Å². The van der Waals surface area contributed by atoms with Crippen LogP contribution in [0.5, 0.6) is 0 Å². The lowest BCUT2D eigenvalue weighted by Crippen LogP contribution is -2.40. The van der Waals surface area contributed by atoms with Crippen molar-refractivity contribution in [3.05, 3.63) is 65.6 Å². The Morgan fingerprint density at radius 3 is 2.52 bits per heavy atom. The van der Waals surface area contributed by atoms with Crippen LogP contribution in [0.3, 0.4) is 0 Å². The Bertz CT molecular complexity index is 688. The van der Waals surface area contributed by atoms with Crippen molar-refractivity contribution < 1.29 is 19.1 Å². The first-order valence-electron chi connectivity index (χ1n) is 7.29. The highest BCUT2D eigenvalue weighted by atomic mass is 16.5. The number of nitrogens with zero attached hydrogens (tertiary/aromatic N) is 2. The van der Waals surface area contributed by atoms with Crippen LogP contribution in [-0.2, 0) is 9.53 Å². The maximum Gasteiger partial charge on any atom is 0.345 e. The Labute approximate surface area is 134 Å².